The van der Waals surface area contributed by atoms with Crippen LogP contribution < -0.4 is 16.6 Å². The highest BCUT2D eigenvalue weighted by atomic mass is 16.5. The Labute approximate surface area is 194 Å². The van der Waals surface area contributed by atoms with E-state index in [0.717, 1.165) is 12.8 Å². The molecular formula is C23H22N8O3. The maximum absolute atomic E-state index is 13.6. The lowest BCUT2D eigenvalue weighted by atomic mass is 10.1. The van der Waals surface area contributed by atoms with Crippen LogP contribution in [-0.4, -0.2) is 41.4 Å². The first-order valence-electron chi connectivity index (χ1n) is 10.8. The van der Waals surface area contributed by atoms with Gasteiger partial charge in [0.1, 0.15) is 36.0 Å². The van der Waals surface area contributed by atoms with Crippen molar-refractivity contribution in [1.29, 1.82) is 0 Å². The molecule has 172 valence electrons. The monoisotopic (exact) mass is 458 g/mol. The van der Waals surface area contributed by atoms with Gasteiger partial charge in [-0.25, -0.2) is 15.0 Å². The van der Waals surface area contributed by atoms with Gasteiger partial charge in [-0.3, -0.25) is 9.36 Å². The third-order valence-electron chi connectivity index (χ3n) is 5.53. The Hall–Kier alpha value is -4.30. The Morgan fingerprint density at radius 2 is 2.15 bits per heavy atom. The Balaban J connectivity index is 1.62. The molecule has 34 heavy (non-hydrogen) atoms. The number of rotatable bonds is 5. The normalized spacial score (nSPS) is 14.0. The van der Waals surface area contributed by atoms with Gasteiger partial charge < -0.3 is 20.7 Å². The molecule has 0 saturated heterocycles. The van der Waals surface area contributed by atoms with E-state index in [1.807, 2.05) is 6.92 Å². The summed E-state index contributed by atoms with van der Waals surface area (Å²) in [7, 11) is 0. The lowest BCUT2D eigenvalue weighted by molar-refractivity contribution is 0.350. The van der Waals surface area contributed by atoms with E-state index < -0.39 is 6.04 Å². The third kappa shape index (κ3) is 3.84. The minimum absolute atomic E-state index is 0.0658. The second-order valence-corrected chi connectivity index (χ2v) is 8.03. The maximum atomic E-state index is 13.6. The van der Waals surface area contributed by atoms with Crippen molar-refractivity contribution in [2.24, 2.45) is 0 Å². The Bertz CT molecular complexity index is 1510. The number of fused-ring (bicyclic) bond motifs is 1. The number of aliphatic hydroxyl groups excluding tert-OH is 1. The van der Waals surface area contributed by atoms with Crippen LogP contribution in [0.2, 0.25) is 0 Å². The number of hydrogen-bond acceptors (Lipinski definition) is 10. The van der Waals surface area contributed by atoms with Gasteiger partial charge in [0.15, 0.2) is 5.82 Å². The van der Waals surface area contributed by atoms with Gasteiger partial charge in [0, 0.05) is 11.6 Å². The number of benzene rings is 1. The second-order valence-electron chi connectivity index (χ2n) is 8.03. The Morgan fingerprint density at radius 3 is 2.85 bits per heavy atom. The van der Waals surface area contributed by atoms with E-state index in [0.29, 0.717) is 39.5 Å². The zero-order valence-electron chi connectivity index (χ0n) is 18.6. The van der Waals surface area contributed by atoms with Gasteiger partial charge in [0.05, 0.1) is 16.9 Å². The number of nitrogen functional groups attached to an aromatic ring is 1. The van der Waals surface area contributed by atoms with Crippen molar-refractivity contribution in [2.75, 3.05) is 17.7 Å². The summed E-state index contributed by atoms with van der Waals surface area (Å²) in [5, 5.41) is 16.7. The highest BCUT2D eigenvalue weighted by Crippen LogP contribution is 2.37. The van der Waals surface area contributed by atoms with Crippen molar-refractivity contribution >= 4 is 22.5 Å². The molecule has 11 heteroatoms. The minimum atomic E-state index is -0.415. The van der Waals surface area contributed by atoms with E-state index in [1.54, 1.807) is 29.7 Å². The molecule has 1 aromatic carbocycles. The van der Waals surface area contributed by atoms with Gasteiger partial charge in [-0.15, -0.1) is 0 Å². The zero-order chi connectivity index (χ0) is 23.8. The van der Waals surface area contributed by atoms with Gasteiger partial charge in [-0.05, 0) is 38.8 Å². The number of anilines is 2. The van der Waals surface area contributed by atoms with Crippen LogP contribution in [0, 0.1) is 18.8 Å². The molecule has 4 aromatic rings. The van der Waals surface area contributed by atoms with E-state index in [9.17, 15) is 4.79 Å². The van der Waals surface area contributed by atoms with Crippen LogP contribution in [0.3, 0.4) is 0 Å². The highest BCUT2D eigenvalue weighted by molar-refractivity contribution is 5.84. The smallest absolute Gasteiger partial charge is 0.265 e. The molecule has 3 aromatic heterocycles. The molecule has 3 heterocycles. The van der Waals surface area contributed by atoms with Crippen LogP contribution in [0.5, 0.6) is 0 Å². The number of aromatic nitrogens is 6. The van der Waals surface area contributed by atoms with E-state index in [1.165, 1.54) is 6.33 Å². The first-order chi connectivity index (χ1) is 16.5. The standard InChI is InChI=1S/C23H22N8O3/c1-12(27-20-18(19(24)25-11-26-20)22-28-13(2)30-34-22)21-29-16-7-3-5-14(6-4-10-32)17(16)23(33)31(21)15-8-9-15/h3,5,7,11-12,15,32H,8-10H2,1-2H3,(H3,24,25,26,27)/t12-/m0/s1. The molecular weight excluding hydrogens is 436 g/mol. The fraction of sp³-hybridized carbons (Fsp3) is 0.304. The molecule has 1 aliphatic rings. The predicted molar refractivity (Wildman–Crippen MR) is 125 cm³/mol. The van der Waals surface area contributed by atoms with Crippen molar-refractivity contribution in [2.45, 2.75) is 38.8 Å². The van der Waals surface area contributed by atoms with Crippen molar-refractivity contribution in [3.8, 4) is 23.3 Å². The van der Waals surface area contributed by atoms with Crippen LogP contribution in [0.25, 0.3) is 22.4 Å². The molecule has 0 unspecified atom stereocenters. The largest absolute Gasteiger partial charge is 0.384 e. The van der Waals surface area contributed by atoms with Gasteiger partial charge in [-0.1, -0.05) is 23.1 Å². The summed E-state index contributed by atoms with van der Waals surface area (Å²) < 4.78 is 7.02. The molecule has 0 radical (unpaired) electrons. The van der Waals surface area contributed by atoms with Crippen molar-refractivity contribution in [3.63, 3.8) is 0 Å². The lowest BCUT2D eigenvalue weighted by Crippen LogP contribution is -2.28. The van der Waals surface area contributed by atoms with E-state index in [2.05, 4.69) is 37.3 Å². The van der Waals surface area contributed by atoms with Crippen LogP contribution in [0.15, 0.2) is 33.8 Å². The molecule has 5 rings (SSSR count). The summed E-state index contributed by atoms with van der Waals surface area (Å²) in [6, 6.07) is 4.98. The van der Waals surface area contributed by atoms with Crippen molar-refractivity contribution < 1.29 is 9.63 Å². The van der Waals surface area contributed by atoms with Crippen LogP contribution >= 0.6 is 0 Å². The summed E-state index contributed by atoms with van der Waals surface area (Å²) in [5.74, 6) is 7.28. The molecule has 1 fully saturated rings. The lowest BCUT2D eigenvalue weighted by Gasteiger charge is -2.21. The zero-order valence-corrected chi connectivity index (χ0v) is 18.6. The number of nitrogens with zero attached hydrogens (tertiary/aromatic N) is 6. The number of hydrogen-bond donors (Lipinski definition) is 3. The summed E-state index contributed by atoms with van der Waals surface area (Å²) >= 11 is 0. The van der Waals surface area contributed by atoms with E-state index >= 15 is 0 Å². The second kappa shape index (κ2) is 8.57. The molecule has 1 atom stereocenters. The van der Waals surface area contributed by atoms with Crippen molar-refractivity contribution in [3.05, 3.63) is 52.1 Å². The number of nitrogens with two attached hydrogens (primary N) is 1. The third-order valence-corrected chi connectivity index (χ3v) is 5.53. The summed E-state index contributed by atoms with van der Waals surface area (Å²) in [4.78, 5) is 31.1. The molecule has 11 nitrogen and oxygen atoms in total. The molecule has 0 aliphatic heterocycles. The minimum Gasteiger partial charge on any atom is -0.384 e. The molecule has 1 saturated carbocycles. The van der Waals surface area contributed by atoms with Crippen molar-refractivity contribution in [1.82, 2.24) is 29.7 Å². The molecule has 0 spiro atoms. The Kier molecular flexibility index (Phi) is 5.43. The first kappa shape index (κ1) is 21.5. The Morgan fingerprint density at radius 1 is 1.32 bits per heavy atom. The van der Waals surface area contributed by atoms with Crippen LogP contribution in [-0.2, 0) is 0 Å². The fourth-order valence-electron chi connectivity index (χ4n) is 3.88. The number of aliphatic hydroxyl groups is 1. The van der Waals surface area contributed by atoms with Gasteiger partial charge in [0.25, 0.3) is 11.4 Å². The van der Waals surface area contributed by atoms with Gasteiger partial charge >= 0.3 is 0 Å². The molecule has 1 aliphatic carbocycles. The molecule has 4 N–H and O–H groups in total. The average Bonchev–Trinajstić information content (AvgIpc) is 3.57. The van der Waals surface area contributed by atoms with Gasteiger partial charge in [0.2, 0.25) is 0 Å². The summed E-state index contributed by atoms with van der Waals surface area (Å²) in [5.41, 5.74) is 7.41. The SMILES string of the molecule is Cc1noc(-c2c(N)ncnc2N[C@@H](C)c2nc3cccc(C#CCO)c3c(=O)n2C2CC2)n1. The topological polar surface area (TPSA) is 158 Å². The van der Waals surface area contributed by atoms with Crippen LogP contribution in [0.1, 0.15) is 49.1 Å². The highest BCUT2D eigenvalue weighted by Gasteiger charge is 2.31. The quantitative estimate of drug-likeness (QED) is 0.378. The maximum Gasteiger partial charge on any atom is 0.265 e. The number of aryl methyl sites for hydroxylation is 1. The summed E-state index contributed by atoms with van der Waals surface area (Å²) in [6.45, 7) is 3.31. The fourth-order valence-corrected chi connectivity index (χ4v) is 3.88. The first-order valence-corrected chi connectivity index (χ1v) is 10.8. The molecule has 0 amide bonds. The number of nitrogens with one attached hydrogen (secondary N) is 1. The van der Waals surface area contributed by atoms with Crippen LogP contribution in [0.4, 0.5) is 11.6 Å². The van der Waals surface area contributed by atoms with E-state index in [4.69, 9.17) is 20.3 Å². The van der Waals surface area contributed by atoms with Gasteiger partial charge in [-0.2, -0.15) is 4.98 Å². The summed E-state index contributed by atoms with van der Waals surface area (Å²) in [6.07, 6.45) is 3.12. The van der Waals surface area contributed by atoms with E-state index in [-0.39, 0.29) is 29.9 Å². The molecule has 0 bridgehead atoms. The average molecular weight is 458 g/mol. The predicted octanol–water partition coefficient (Wildman–Crippen LogP) is 1.98.